The van der Waals surface area contributed by atoms with Gasteiger partial charge in [0.05, 0.1) is 12.3 Å². The third-order valence-corrected chi connectivity index (χ3v) is 1.11. The van der Waals surface area contributed by atoms with Crippen molar-refractivity contribution in [2.24, 2.45) is 0 Å². The molecule has 0 aliphatic heterocycles. The fourth-order valence-corrected chi connectivity index (χ4v) is 0.469. The third-order valence-electron chi connectivity index (χ3n) is 1.11. The molecule has 68 valence electrons. The molecule has 11 heavy (non-hydrogen) atoms. The summed E-state index contributed by atoms with van der Waals surface area (Å²) in [6.07, 6.45) is 0. The average molecular weight is 159 g/mol. The lowest BCUT2D eigenvalue weighted by molar-refractivity contribution is -0.0211. The summed E-state index contributed by atoms with van der Waals surface area (Å²) in [7, 11) is 0. The molecule has 0 fully saturated rings. The summed E-state index contributed by atoms with van der Waals surface area (Å²) in [5, 5.41) is 3.26. The number of hydrogen-bond donors (Lipinski definition) is 1. The highest BCUT2D eigenvalue weighted by Gasteiger charge is 2.12. The van der Waals surface area contributed by atoms with Crippen molar-refractivity contribution in [2.45, 2.75) is 52.7 Å². The van der Waals surface area contributed by atoms with Crippen LogP contribution in [-0.2, 0) is 4.74 Å². The molecule has 0 aromatic carbocycles. The summed E-state index contributed by atoms with van der Waals surface area (Å²) in [4.78, 5) is 0. The molecule has 0 unspecified atom stereocenters. The fraction of sp³-hybridized carbons (Fsp3) is 1.00. The molecule has 1 N–H and O–H groups in total. The Morgan fingerprint density at radius 2 is 1.45 bits per heavy atom. The predicted molar refractivity (Wildman–Crippen MR) is 48.6 cm³/mol. The molecule has 0 aliphatic rings. The van der Waals surface area contributed by atoms with Crippen molar-refractivity contribution in [2.75, 3.05) is 6.73 Å². The zero-order valence-electron chi connectivity index (χ0n) is 8.62. The molecular weight excluding hydrogens is 138 g/mol. The molecule has 0 rings (SSSR count). The maximum Gasteiger partial charge on any atom is 0.0976 e. The summed E-state index contributed by atoms with van der Waals surface area (Å²) in [6, 6.07) is 0. The molecular formula is C9H21NO. The van der Waals surface area contributed by atoms with Gasteiger partial charge in [0.15, 0.2) is 0 Å². The second-order valence-electron chi connectivity index (χ2n) is 4.83. The Balaban J connectivity index is 3.44. The van der Waals surface area contributed by atoms with Crippen LogP contribution < -0.4 is 5.32 Å². The van der Waals surface area contributed by atoms with Crippen molar-refractivity contribution in [3.05, 3.63) is 0 Å². The van der Waals surface area contributed by atoms with Gasteiger partial charge in [-0.3, -0.25) is 5.32 Å². The van der Waals surface area contributed by atoms with Gasteiger partial charge in [0.1, 0.15) is 0 Å². The van der Waals surface area contributed by atoms with Crippen molar-refractivity contribution < 1.29 is 4.74 Å². The molecule has 0 radical (unpaired) electrons. The minimum Gasteiger partial charge on any atom is -0.361 e. The molecule has 2 nitrogen and oxygen atoms in total. The van der Waals surface area contributed by atoms with Crippen molar-refractivity contribution in [1.29, 1.82) is 0 Å². The van der Waals surface area contributed by atoms with E-state index < -0.39 is 0 Å². The van der Waals surface area contributed by atoms with Gasteiger partial charge in [-0.05, 0) is 41.5 Å². The van der Waals surface area contributed by atoms with Crippen LogP contribution in [0.3, 0.4) is 0 Å². The molecule has 0 heterocycles. The Hall–Kier alpha value is -0.0800. The quantitative estimate of drug-likeness (QED) is 0.623. The lowest BCUT2D eigenvalue weighted by Crippen LogP contribution is -2.39. The smallest absolute Gasteiger partial charge is 0.0976 e. The zero-order chi connectivity index (χ0) is 9.12. The van der Waals surface area contributed by atoms with Crippen LogP contribution >= 0.6 is 0 Å². The minimum absolute atomic E-state index is 0.0434. The minimum atomic E-state index is -0.0434. The van der Waals surface area contributed by atoms with Crippen molar-refractivity contribution >= 4 is 0 Å². The highest BCUT2D eigenvalue weighted by Crippen LogP contribution is 2.06. The van der Waals surface area contributed by atoms with Crippen molar-refractivity contribution in [3.63, 3.8) is 0 Å². The normalized spacial score (nSPS) is 13.6. The molecule has 0 aliphatic carbocycles. The van der Waals surface area contributed by atoms with Crippen LogP contribution in [0.25, 0.3) is 0 Å². The van der Waals surface area contributed by atoms with E-state index in [-0.39, 0.29) is 11.1 Å². The molecule has 0 saturated carbocycles. The van der Waals surface area contributed by atoms with Crippen LogP contribution in [-0.4, -0.2) is 17.9 Å². The van der Waals surface area contributed by atoms with E-state index in [1.807, 2.05) is 0 Å². The van der Waals surface area contributed by atoms with Gasteiger partial charge >= 0.3 is 0 Å². The largest absolute Gasteiger partial charge is 0.361 e. The second-order valence-corrected chi connectivity index (χ2v) is 4.83. The summed E-state index contributed by atoms with van der Waals surface area (Å²) >= 11 is 0. The van der Waals surface area contributed by atoms with E-state index in [9.17, 15) is 0 Å². The van der Waals surface area contributed by atoms with E-state index in [1.54, 1.807) is 0 Å². The van der Waals surface area contributed by atoms with Gasteiger partial charge in [0.25, 0.3) is 0 Å². The van der Waals surface area contributed by atoms with Crippen LogP contribution in [0.4, 0.5) is 0 Å². The van der Waals surface area contributed by atoms with Crippen molar-refractivity contribution in [3.8, 4) is 0 Å². The third kappa shape index (κ3) is 9.92. The van der Waals surface area contributed by atoms with Gasteiger partial charge in [-0.1, -0.05) is 0 Å². The first-order chi connectivity index (χ1) is 4.71. The summed E-state index contributed by atoms with van der Waals surface area (Å²) < 4.78 is 5.49. The lowest BCUT2D eigenvalue weighted by Gasteiger charge is -2.25. The maximum atomic E-state index is 5.49. The standard InChI is InChI=1S/C9H21NO/c1-8(2,3)10-7-11-9(4,5)6/h10H,7H2,1-6H3. The van der Waals surface area contributed by atoms with E-state index in [2.05, 4.69) is 46.9 Å². The Morgan fingerprint density at radius 1 is 1.00 bits per heavy atom. The van der Waals surface area contributed by atoms with Crippen LogP contribution in [0.15, 0.2) is 0 Å². The number of ether oxygens (including phenoxy) is 1. The van der Waals surface area contributed by atoms with E-state index in [4.69, 9.17) is 4.74 Å². The van der Waals surface area contributed by atoms with Gasteiger partial charge in [-0.25, -0.2) is 0 Å². The number of hydrogen-bond acceptors (Lipinski definition) is 2. The van der Waals surface area contributed by atoms with Crippen LogP contribution in [0, 0.1) is 0 Å². The molecule has 0 saturated heterocycles. The lowest BCUT2D eigenvalue weighted by atomic mass is 10.1. The van der Waals surface area contributed by atoms with Crippen LogP contribution in [0.2, 0.25) is 0 Å². The molecule has 0 bridgehead atoms. The van der Waals surface area contributed by atoms with E-state index in [0.717, 1.165) is 0 Å². The first kappa shape index (κ1) is 10.9. The molecule has 2 heteroatoms. The van der Waals surface area contributed by atoms with Crippen LogP contribution in [0.5, 0.6) is 0 Å². The maximum absolute atomic E-state index is 5.49. The van der Waals surface area contributed by atoms with E-state index in [1.165, 1.54) is 0 Å². The van der Waals surface area contributed by atoms with E-state index >= 15 is 0 Å². The first-order valence-electron chi connectivity index (χ1n) is 4.10. The molecule has 0 aromatic rings. The summed E-state index contributed by atoms with van der Waals surface area (Å²) in [5.74, 6) is 0. The van der Waals surface area contributed by atoms with E-state index in [0.29, 0.717) is 6.73 Å². The Labute approximate surface area is 70.3 Å². The molecule has 0 atom stereocenters. The van der Waals surface area contributed by atoms with Gasteiger partial charge in [-0.2, -0.15) is 0 Å². The predicted octanol–water partition coefficient (Wildman–Crippen LogP) is 2.15. The molecule has 0 spiro atoms. The number of nitrogens with one attached hydrogen (secondary N) is 1. The van der Waals surface area contributed by atoms with Crippen molar-refractivity contribution in [1.82, 2.24) is 5.32 Å². The van der Waals surface area contributed by atoms with Gasteiger partial charge in [0, 0.05) is 5.54 Å². The topological polar surface area (TPSA) is 21.3 Å². The van der Waals surface area contributed by atoms with Gasteiger partial charge < -0.3 is 4.74 Å². The van der Waals surface area contributed by atoms with Gasteiger partial charge in [-0.15, -0.1) is 0 Å². The zero-order valence-corrected chi connectivity index (χ0v) is 8.62. The summed E-state index contributed by atoms with van der Waals surface area (Å²) in [6.45, 7) is 13.1. The Kier molecular flexibility index (Phi) is 3.52. The highest BCUT2D eigenvalue weighted by molar-refractivity contribution is 4.68. The number of rotatable bonds is 2. The first-order valence-corrected chi connectivity index (χ1v) is 4.10. The molecule has 0 amide bonds. The second kappa shape index (κ2) is 3.55. The fourth-order valence-electron chi connectivity index (χ4n) is 0.469. The highest BCUT2D eigenvalue weighted by atomic mass is 16.5. The Morgan fingerprint density at radius 3 is 1.73 bits per heavy atom. The average Bonchev–Trinajstić information content (AvgIpc) is 1.55. The Bertz CT molecular complexity index is 93.7. The summed E-state index contributed by atoms with van der Waals surface area (Å²) in [5.41, 5.74) is 0.101. The van der Waals surface area contributed by atoms with Crippen LogP contribution in [0.1, 0.15) is 41.5 Å². The van der Waals surface area contributed by atoms with Gasteiger partial charge in [0.2, 0.25) is 0 Å². The monoisotopic (exact) mass is 159 g/mol. The SMILES string of the molecule is CC(C)(C)NCOC(C)(C)C. The molecule has 0 aromatic heterocycles.